The fourth-order valence-corrected chi connectivity index (χ4v) is 2.21. The lowest BCUT2D eigenvalue weighted by molar-refractivity contribution is 1.22. The number of fused-ring (bicyclic) bond motifs is 2. The zero-order valence-electron chi connectivity index (χ0n) is 6.93. The molecule has 0 fully saturated rings. The average molecular weight is 300 g/mol. The van der Waals surface area contributed by atoms with Crippen molar-refractivity contribution in [2.45, 2.75) is 6.42 Å². The third-order valence-electron chi connectivity index (χ3n) is 2.07. The van der Waals surface area contributed by atoms with Crippen molar-refractivity contribution in [2.24, 2.45) is 0 Å². The zero-order chi connectivity index (χ0) is 9.26. The first-order valence-electron chi connectivity index (χ1n) is 4.07. The van der Waals surface area contributed by atoms with E-state index in [4.69, 9.17) is 0 Å². The topological polar surface area (TPSA) is 0 Å². The summed E-state index contributed by atoms with van der Waals surface area (Å²) in [6.45, 7) is 0. The van der Waals surface area contributed by atoms with Gasteiger partial charge in [0.15, 0.2) is 0 Å². The van der Waals surface area contributed by atoms with Crippen LogP contribution in [0.15, 0.2) is 56.6 Å². The summed E-state index contributed by atoms with van der Waals surface area (Å²) in [5.74, 6) is 0. The van der Waals surface area contributed by atoms with Gasteiger partial charge in [-0.1, -0.05) is 56.2 Å². The highest BCUT2D eigenvalue weighted by Crippen LogP contribution is 2.32. The zero-order valence-corrected chi connectivity index (χ0v) is 10.1. The van der Waals surface area contributed by atoms with Crippen LogP contribution < -0.4 is 0 Å². The van der Waals surface area contributed by atoms with Crippen molar-refractivity contribution in [1.82, 2.24) is 0 Å². The summed E-state index contributed by atoms with van der Waals surface area (Å²) in [4.78, 5) is 0. The predicted octanol–water partition coefficient (Wildman–Crippen LogP) is 4.37. The van der Waals surface area contributed by atoms with Crippen molar-refractivity contribution in [3.8, 4) is 0 Å². The van der Waals surface area contributed by atoms with Gasteiger partial charge in [-0.05, 0) is 29.7 Å². The number of allylic oxidation sites excluding steroid dienone is 10. The molecule has 66 valence electrons. The second-order valence-electron chi connectivity index (χ2n) is 2.97. The van der Waals surface area contributed by atoms with Crippen LogP contribution in [0.1, 0.15) is 6.42 Å². The maximum absolute atomic E-state index is 3.55. The minimum absolute atomic E-state index is 0.987. The van der Waals surface area contributed by atoms with Gasteiger partial charge in [-0.3, -0.25) is 0 Å². The second-order valence-corrected chi connectivity index (χ2v) is 4.68. The Balaban J connectivity index is 2.53. The van der Waals surface area contributed by atoms with Gasteiger partial charge in [-0.15, -0.1) is 0 Å². The molecule has 0 atom stereocenters. The molecule has 2 aliphatic carbocycles. The Labute approximate surface area is 94.7 Å². The van der Waals surface area contributed by atoms with Gasteiger partial charge >= 0.3 is 0 Å². The molecule has 0 saturated heterocycles. The summed E-state index contributed by atoms with van der Waals surface area (Å²) in [6.07, 6.45) is 13.6. The van der Waals surface area contributed by atoms with Gasteiger partial charge in [0, 0.05) is 8.96 Å². The van der Waals surface area contributed by atoms with E-state index >= 15 is 0 Å². The van der Waals surface area contributed by atoms with Crippen LogP contribution in [0.25, 0.3) is 0 Å². The number of hydrogen-bond donors (Lipinski definition) is 0. The van der Waals surface area contributed by atoms with E-state index in [-0.39, 0.29) is 0 Å². The van der Waals surface area contributed by atoms with Gasteiger partial charge in [0.25, 0.3) is 0 Å². The third-order valence-corrected chi connectivity index (χ3v) is 3.62. The summed E-state index contributed by atoms with van der Waals surface area (Å²) in [5, 5.41) is 0. The van der Waals surface area contributed by atoms with E-state index in [9.17, 15) is 0 Å². The van der Waals surface area contributed by atoms with Crippen molar-refractivity contribution in [3.63, 3.8) is 0 Å². The first-order valence-corrected chi connectivity index (χ1v) is 5.66. The van der Waals surface area contributed by atoms with Crippen molar-refractivity contribution < 1.29 is 0 Å². The normalized spacial score (nSPS) is 20.8. The highest BCUT2D eigenvalue weighted by Gasteiger charge is 2.10. The van der Waals surface area contributed by atoms with Crippen LogP contribution in [0.5, 0.6) is 0 Å². The average Bonchev–Trinajstić information content (AvgIpc) is 2.38. The van der Waals surface area contributed by atoms with E-state index in [0.717, 1.165) is 6.42 Å². The summed E-state index contributed by atoms with van der Waals surface area (Å²) in [7, 11) is 0. The van der Waals surface area contributed by atoms with Gasteiger partial charge < -0.3 is 0 Å². The number of rotatable bonds is 0. The Morgan fingerprint density at radius 3 is 2.62 bits per heavy atom. The Morgan fingerprint density at radius 2 is 1.77 bits per heavy atom. The lowest BCUT2D eigenvalue weighted by atomic mass is 10.1. The predicted molar refractivity (Wildman–Crippen MR) is 63.9 cm³/mol. The van der Waals surface area contributed by atoms with Crippen molar-refractivity contribution >= 4 is 31.9 Å². The van der Waals surface area contributed by atoms with Crippen LogP contribution in [-0.2, 0) is 0 Å². The third kappa shape index (κ3) is 1.94. The molecule has 0 radical (unpaired) electrons. The Hall–Kier alpha value is -0.340. The Kier molecular flexibility index (Phi) is 2.70. The molecule has 0 aromatic heterocycles. The molecule has 0 saturated carbocycles. The van der Waals surface area contributed by atoms with Gasteiger partial charge in [-0.2, -0.15) is 0 Å². The van der Waals surface area contributed by atoms with E-state index in [1.165, 1.54) is 20.1 Å². The van der Waals surface area contributed by atoms with E-state index in [1.807, 2.05) is 0 Å². The molecule has 2 heteroatoms. The molecular formula is C11H8Br2. The maximum atomic E-state index is 3.55. The van der Waals surface area contributed by atoms with E-state index in [1.54, 1.807) is 0 Å². The summed E-state index contributed by atoms with van der Waals surface area (Å²) >= 11 is 7.10. The quantitative estimate of drug-likeness (QED) is 0.623. The first kappa shape index (κ1) is 9.22. The standard InChI is InChI=1S/C11H8Br2/c12-10-5-1-3-8-7-9(10)4-2-6-11(8)13/h1-6H,7H2. The summed E-state index contributed by atoms with van der Waals surface area (Å²) in [5.41, 5.74) is 2.65. The molecule has 0 nitrogen and oxygen atoms in total. The molecule has 0 heterocycles. The molecule has 0 N–H and O–H groups in total. The minimum Gasteiger partial charge on any atom is -0.0608 e. The van der Waals surface area contributed by atoms with Crippen LogP contribution in [-0.4, -0.2) is 0 Å². The largest absolute Gasteiger partial charge is 0.0608 e. The van der Waals surface area contributed by atoms with Crippen LogP contribution in [0.3, 0.4) is 0 Å². The minimum atomic E-state index is 0.987. The number of hydrogen-bond acceptors (Lipinski definition) is 0. The number of halogens is 2. The molecule has 0 aliphatic heterocycles. The highest BCUT2D eigenvalue weighted by molar-refractivity contribution is 9.12. The molecule has 0 aromatic carbocycles. The van der Waals surface area contributed by atoms with Crippen LogP contribution in [0.2, 0.25) is 0 Å². The molecule has 0 aromatic rings. The molecule has 0 unspecified atom stereocenters. The smallest absolute Gasteiger partial charge is 0.0210 e. The van der Waals surface area contributed by atoms with Crippen LogP contribution in [0.4, 0.5) is 0 Å². The van der Waals surface area contributed by atoms with E-state index < -0.39 is 0 Å². The molecular weight excluding hydrogens is 292 g/mol. The van der Waals surface area contributed by atoms with Crippen molar-refractivity contribution in [2.75, 3.05) is 0 Å². The molecule has 2 rings (SSSR count). The van der Waals surface area contributed by atoms with Gasteiger partial charge in [-0.25, -0.2) is 0 Å². The van der Waals surface area contributed by atoms with E-state index in [2.05, 4.69) is 68.3 Å². The summed E-state index contributed by atoms with van der Waals surface area (Å²) in [6, 6.07) is 0. The van der Waals surface area contributed by atoms with Crippen molar-refractivity contribution in [1.29, 1.82) is 0 Å². The molecule has 13 heavy (non-hydrogen) atoms. The van der Waals surface area contributed by atoms with Crippen LogP contribution >= 0.6 is 31.9 Å². The SMILES string of the molecule is BrC1=CC=CC2=C(Br)C=CC=C1C2. The molecule has 2 aliphatic rings. The second kappa shape index (κ2) is 3.81. The maximum Gasteiger partial charge on any atom is 0.0210 e. The Bertz CT molecular complexity index is 379. The van der Waals surface area contributed by atoms with Crippen molar-refractivity contribution in [3.05, 3.63) is 56.6 Å². The van der Waals surface area contributed by atoms with E-state index in [0.29, 0.717) is 0 Å². The highest BCUT2D eigenvalue weighted by atomic mass is 79.9. The Morgan fingerprint density at radius 1 is 1.00 bits per heavy atom. The van der Waals surface area contributed by atoms with Crippen LogP contribution in [0, 0.1) is 0 Å². The van der Waals surface area contributed by atoms with Gasteiger partial charge in [0.1, 0.15) is 0 Å². The van der Waals surface area contributed by atoms with Gasteiger partial charge in [0.2, 0.25) is 0 Å². The fourth-order valence-electron chi connectivity index (χ4n) is 1.36. The lowest BCUT2D eigenvalue weighted by Crippen LogP contribution is -1.83. The lowest BCUT2D eigenvalue weighted by Gasteiger charge is -2.03. The fraction of sp³-hybridized carbons (Fsp3) is 0.0909. The summed E-state index contributed by atoms with van der Waals surface area (Å²) < 4.78 is 2.34. The molecule has 0 spiro atoms. The molecule has 0 amide bonds. The van der Waals surface area contributed by atoms with Gasteiger partial charge in [0.05, 0.1) is 0 Å². The first-order chi connectivity index (χ1) is 6.27. The molecule has 2 bridgehead atoms. The monoisotopic (exact) mass is 298 g/mol.